The molecule has 4 nitrogen and oxygen atoms in total. The fourth-order valence-corrected chi connectivity index (χ4v) is 5.49. The predicted molar refractivity (Wildman–Crippen MR) is 114 cm³/mol. The Hall–Kier alpha value is -1.88. The molecule has 2 aromatic rings. The molecule has 3 rings (SSSR count). The van der Waals surface area contributed by atoms with Gasteiger partial charge in [0, 0.05) is 10.6 Å². The Morgan fingerprint density at radius 1 is 1.21 bits per heavy atom. The minimum Gasteiger partial charge on any atom is -0.469 e. The summed E-state index contributed by atoms with van der Waals surface area (Å²) in [7, 11) is 1.47. The summed E-state index contributed by atoms with van der Waals surface area (Å²) in [6.45, 7) is 6.97. The Morgan fingerprint density at radius 3 is 2.43 bits per heavy atom. The summed E-state index contributed by atoms with van der Waals surface area (Å²) in [5.41, 5.74) is 3.18. The maximum atomic E-state index is 12.4. The lowest BCUT2D eigenvalue weighted by Crippen LogP contribution is -2.21. The van der Waals surface area contributed by atoms with Gasteiger partial charge in [0.05, 0.1) is 19.6 Å². The monoisotopic (exact) mass is 401 g/mol. The molecular formula is C23H31NO3S. The quantitative estimate of drug-likeness (QED) is 0.619. The highest BCUT2D eigenvalue weighted by Crippen LogP contribution is 2.38. The maximum absolute atomic E-state index is 12.4. The highest BCUT2D eigenvalue weighted by molar-refractivity contribution is 7.09. The van der Waals surface area contributed by atoms with Crippen LogP contribution in [0.3, 0.4) is 0 Å². The van der Waals surface area contributed by atoms with Crippen molar-refractivity contribution in [2.45, 2.75) is 65.3 Å². The van der Waals surface area contributed by atoms with Gasteiger partial charge in [-0.15, -0.1) is 0 Å². The Kier molecular flexibility index (Phi) is 6.76. The van der Waals surface area contributed by atoms with Crippen LogP contribution < -0.4 is 4.87 Å². The van der Waals surface area contributed by atoms with E-state index in [0.29, 0.717) is 18.4 Å². The van der Waals surface area contributed by atoms with E-state index in [1.54, 1.807) is 0 Å². The molecule has 0 radical (unpaired) electrons. The number of esters is 1. The van der Waals surface area contributed by atoms with E-state index in [9.17, 15) is 9.59 Å². The molecule has 1 aromatic heterocycles. The fraction of sp³-hybridized carbons (Fsp3) is 0.565. The van der Waals surface area contributed by atoms with Gasteiger partial charge in [-0.1, -0.05) is 62.3 Å². The van der Waals surface area contributed by atoms with Crippen molar-refractivity contribution in [3.05, 3.63) is 55.6 Å². The summed E-state index contributed by atoms with van der Waals surface area (Å²) in [4.78, 5) is 26.1. The van der Waals surface area contributed by atoms with Gasteiger partial charge in [0.15, 0.2) is 0 Å². The number of hydrogen-bond donors (Lipinski definition) is 0. The second-order valence-corrected chi connectivity index (χ2v) is 9.39. The molecule has 5 heteroatoms. The Morgan fingerprint density at radius 2 is 1.86 bits per heavy atom. The number of benzene rings is 1. The summed E-state index contributed by atoms with van der Waals surface area (Å²) in [6, 6.07) is 8.17. The second-order valence-electron chi connectivity index (χ2n) is 8.35. The molecule has 152 valence electrons. The van der Waals surface area contributed by atoms with Crippen LogP contribution in [0.2, 0.25) is 0 Å². The van der Waals surface area contributed by atoms with Gasteiger partial charge in [0.2, 0.25) is 0 Å². The van der Waals surface area contributed by atoms with Gasteiger partial charge in [0.25, 0.3) is 0 Å². The molecule has 0 spiro atoms. The third-order valence-electron chi connectivity index (χ3n) is 5.84. The largest absolute Gasteiger partial charge is 0.469 e. The van der Waals surface area contributed by atoms with Gasteiger partial charge in [-0.2, -0.15) is 0 Å². The number of nitrogens with zero attached hydrogens (tertiary/aromatic N) is 1. The first-order valence-electron chi connectivity index (χ1n) is 10.3. The number of ether oxygens (including phenoxy) is 1. The van der Waals surface area contributed by atoms with Gasteiger partial charge in [-0.25, -0.2) is 0 Å². The van der Waals surface area contributed by atoms with Crippen molar-refractivity contribution in [3.63, 3.8) is 0 Å². The lowest BCUT2D eigenvalue weighted by atomic mass is 9.84. The Bertz CT molecular complexity index is 857. The molecule has 1 aliphatic rings. The zero-order valence-electron chi connectivity index (χ0n) is 17.4. The van der Waals surface area contributed by atoms with Gasteiger partial charge in [-0.3, -0.25) is 14.2 Å². The van der Waals surface area contributed by atoms with E-state index in [4.69, 9.17) is 4.74 Å². The first kappa shape index (κ1) is 20.8. The minimum atomic E-state index is -0.176. The molecule has 0 aliphatic heterocycles. The van der Waals surface area contributed by atoms with Crippen LogP contribution in [0.4, 0.5) is 0 Å². The molecule has 0 amide bonds. The lowest BCUT2D eigenvalue weighted by molar-refractivity contribution is -0.143. The van der Waals surface area contributed by atoms with Crippen LogP contribution in [-0.4, -0.2) is 17.6 Å². The van der Waals surface area contributed by atoms with Crippen molar-refractivity contribution in [2.24, 2.45) is 11.8 Å². The van der Waals surface area contributed by atoms with Crippen molar-refractivity contribution in [1.82, 2.24) is 4.57 Å². The van der Waals surface area contributed by atoms with Gasteiger partial charge >= 0.3 is 10.8 Å². The number of hydrogen-bond acceptors (Lipinski definition) is 4. The fourth-order valence-electron chi connectivity index (χ4n) is 4.30. The summed E-state index contributed by atoms with van der Waals surface area (Å²) in [5.74, 6) is 0.599. The van der Waals surface area contributed by atoms with Crippen LogP contribution >= 0.6 is 11.3 Å². The summed E-state index contributed by atoms with van der Waals surface area (Å²) < 4.78 is 6.96. The first-order valence-corrected chi connectivity index (χ1v) is 11.1. The second kappa shape index (κ2) is 9.08. The van der Waals surface area contributed by atoms with Crippen molar-refractivity contribution < 1.29 is 9.53 Å². The van der Waals surface area contributed by atoms with Gasteiger partial charge in [0.1, 0.15) is 0 Å². The molecule has 1 fully saturated rings. The lowest BCUT2D eigenvalue weighted by Gasteiger charge is -2.21. The van der Waals surface area contributed by atoms with E-state index in [0.717, 1.165) is 36.1 Å². The van der Waals surface area contributed by atoms with E-state index < -0.39 is 0 Å². The third-order valence-corrected chi connectivity index (χ3v) is 6.94. The summed E-state index contributed by atoms with van der Waals surface area (Å²) in [5, 5.41) is 0. The zero-order valence-corrected chi connectivity index (χ0v) is 18.2. The average molecular weight is 402 g/mol. The van der Waals surface area contributed by atoms with Gasteiger partial charge in [-0.05, 0) is 49.1 Å². The number of aromatic nitrogens is 1. The standard InChI is InChI=1S/C23H31NO3S/c1-15(2)13-20-16(3)24(23(26)28-20)14-17-9-11-19(12-10-17)21(22(25)27-4)18-7-5-6-8-18/h9-12,15,18,21H,5-8,13-14H2,1-4H3. The maximum Gasteiger partial charge on any atom is 0.313 e. The minimum absolute atomic E-state index is 0.107. The first-order chi connectivity index (χ1) is 13.4. The number of thiazole rings is 1. The SMILES string of the molecule is COC(=O)C(c1ccc(Cn2c(C)c(CC(C)C)sc2=O)cc1)C1CCCC1. The van der Waals surface area contributed by atoms with E-state index in [-0.39, 0.29) is 16.8 Å². The van der Waals surface area contributed by atoms with Crippen LogP contribution in [0.1, 0.15) is 67.1 Å². The van der Waals surface area contributed by atoms with Crippen molar-refractivity contribution in [1.29, 1.82) is 0 Å². The molecule has 1 atom stereocenters. The van der Waals surface area contributed by atoms with Crippen LogP contribution in [0.5, 0.6) is 0 Å². The van der Waals surface area contributed by atoms with E-state index in [2.05, 4.69) is 13.8 Å². The molecular weight excluding hydrogens is 370 g/mol. The highest BCUT2D eigenvalue weighted by atomic mass is 32.1. The van der Waals surface area contributed by atoms with E-state index in [1.165, 1.54) is 36.2 Å². The van der Waals surface area contributed by atoms with E-state index in [1.807, 2.05) is 35.8 Å². The van der Waals surface area contributed by atoms with Crippen LogP contribution in [-0.2, 0) is 22.5 Å². The average Bonchev–Trinajstić information content (AvgIpc) is 3.27. The van der Waals surface area contributed by atoms with Crippen LogP contribution in [0.25, 0.3) is 0 Å². The molecule has 0 N–H and O–H groups in total. The molecule has 1 unspecified atom stereocenters. The molecule has 0 saturated heterocycles. The zero-order chi connectivity index (χ0) is 20.3. The molecule has 0 bridgehead atoms. The molecule has 1 aromatic carbocycles. The van der Waals surface area contributed by atoms with Crippen molar-refractivity contribution >= 4 is 17.3 Å². The molecule has 1 saturated carbocycles. The van der Waals surface area contributed by atoms with E-state index >= 15 is 0 Å². The number of carbonyl (C=O) groups excluding carboxylic acids is 1. The van der Waals surface area contributed by atoms with Crippen LogP contribution in [0.15, 0.2) is 29.1 Å². The predicted octanol–water partition coefficient (Wildman–Crippen LogP) is 4.91. The smallest absolute Gasteiger partial charge is 0.313 e. The highest BCUT2D eigenvalue weighted by Gasteiger charge is 2.32. The summed E-state index contributed by atoms with van der Waals surface area (Å²) in [6.07, 6.45) is 5.50. The number of methoxy groups -OCH3 is 1. The normalized spacial score (nSPS) is 15.9. The van der Waals surface area contributed by atoms with Crippen molar-refractivity contribution in [2.75, 3.05) is 7.11 Å². The molecule has 1 aliphatic carbocycles. The number of carbonyl (C=O) groups is 1. The topological polar surface area (TPSA) is 48.3 Å². The molecule has 1 heterocycles. The third kappa shape index (κ3) is 4.57. The van der Waals surface area contributed by atoms with Crippen LogP contribution in [0, 0.1) is 18.8 Å². The molecule has 28 heavy (non-hydrogen) atoms. The van der Waals surface area contributed by atoms with Crippen molar-refractivity contribution in [3.8, 4) is 0 Å². The number of rotatable bonds is 7. The Balaban J connectivity index is 1.80. The van der Waals surface area contributed by atoms with Gasteiger partial charge < -0.3 is 4.74 Å². The summed E-state index contributed by atoms with van der Waals surface area (Å²) >= 11 is 1.37. The Labute approximate surface area is 171 Å².